The van der Waals surface area contributed by atoms with E-state index in [4.69, 9.17) is 9.72 Å². The molecule has 7 rings (SSSR count). The molecule has 0 spiro atoms. The number of halogens is 1. The van der Waals surface area contributed by atoms with Crippen molar-refractivity contribution in [2.45, 2.75) is 19.5 Å². The van der Waals surface area contributed by atoms with Crippen molar-refractivity contribution in [3.8, 4) is 16.3 Å². The highest BCUT2D eigenvalue weighted by Crippen LogP contribution is 2.45. The number of carbonyl (C=O) groups excluding carboxylic acids is 1. The Morgan fingerprint density at radius 1 is 0.902 bits per heavy atom. The standard InChI is InChI=1S/C33H27N3O2S2.ClH/c37-30(21-38-25-15-14-23-10-4-5-11-24(23)18-25)35-33-31(32-34-27-12-6-7-13-28(27)39-32)26-16-17-36(20-29(26)40-33)19-22-8-2-1-3-9-22;/h1-15,18H,16-17,19-21H2,(H,35,37);1H. The third kappa shape index (κ3) is 5.85. The number of para-hydroxylation sites is 1. The number of ether oxygens (including phenoxy) is 1. The lowest BCUT2D eigenvalue weighted by Gasteiger charge is -2.27. The van der Waals surface area contributed by atoms with Gasteiger partial charge >= 0.3 is 0 Å². The lowest BCUT2D eigenvalue weighted by atomic mass is 10.0. The minimum absolute atomic E-state index is 0. The van der Waals surface area contributed by atoms with Crippen molar-refractivity contribution in [1.29, 1.82) is 0 Å². The van der Waals surface area contributed by atoms with Crippen LogP contribution >= 0.6 is 35.1 Å². The van der Waals surface area contributed by atoms with E-state index in [9.17, 15) is 4.79 Å². The molecule has 0 unspecified atom stereocenters. The number of amides is 1. The van der Waals surface area contributed by atoms with Crippen LogP contribution in [-0.2, 0) is 24.3 Å². The van der Waals surface area contributed by atoms with E-state index in [2.05, 4.69) is 52.7 Å². The molecule has 8 heteroatoms. The molecule has 2 aromatic heterocycles. The summed E-state index contributed by atoms with van der Waals surface area (Å²) in [5, 5.41) is 7.23. The Labute approximate surface area is 252 Å². The Kier molecular flexibility index (Phi) is 8.03. The van der Waals surface area contributed by atoms with E-state index in [0.717, 1.165) is 62.6 Å². The number of hydrogen-bond donors (Lipinski definition) is 1. The number of nitrogens with one attached hydrogen (secondary N) is 1. The first-order valence-electron chi connectivity index (χ1n) is 13.4. The third-order valence-electron chi connectivity index (χ3n) is 7.24. The summed E-state index contributed by atoms with van der Waals surface area (Å²) in [5.41, 5.74) is 4.67. The van der Waals surface area contributed by atoms with Gasteiger partial charge in [0.2, 0.25) is 0 Å². The number of hydrogen-bond acceptors (Lipinski definition) is 6. The summed E-state index contributed by atoms with van der Waals surface area (Å²) in [6, 6.07) is 32.8. The predicted octanol–water partition coefficient (Wildman–Crippen LogP) is 8.18. The van der Waals surface area contributed by atoms with Gasteiger partial charge in [0.25, 0.3) is 5.91 Å². The molecule has 0 saturated heterocycles. The van der Waals surface area contributed by atoms with Gasteiger partial charge in [-0.3, -0.25) is 9.69 Å². The number of aromatic nitrogens is 1. The van der Waals surface area contributed by atoms with Crippen molar-refractivity contribution in [3.05, 3.63) is 113 Å². The van der Waals surface area contributed by atoms with Crippen molar-refractivity contribution in [3.63, 3.8) is 0 Å². The second-order valence-electron chi connectivity index (χ2n) is 9.99. The zero-order chi connectivity index (χ0) is 26.9. The number of fused-ring (bicyclic) bond motifs is 3. The summed E-state index contributed by atoms with van der Waals surface area (Å²) in [4.78, 5) is 21.9. The summed E-state index contributed by atoms with van der Waals surface area (Å²) in [6.45, 7) is 2.68. The van der Waals surface area contributed by atoms with Gasteiger partial charge in [-0.2, -0.15) is 0 Å². The highest BCUT2D eigenvalue weighted by Gasteiger charge is 2.28. The first-order valence-corrected chi connectivity index (χ1v) is 15.0. The van der Waals surface area contributed by atoms with Crippen molar-refractivity contribution >= 4 is 67.0 Å². The molecule has 1 aliphatic rings. The molecular weight excluding hydrogens is 570 g/mol. The molecule has 1 amide bonds. The van der Waals surface area contributed by atoms with E-state index < -0.39 is 0 Å². The third-order valence-corrected chi connectivity index (χ3v) is 9.42. The van der Waals surface area contributed by atoms with Gasteiger partial charge in [-0.05, 0) is 52.6 Å². The van der Waals surface area contributed by atoms with Crippen molar-refractivity contribution in [2.24, 2.45) is 0 Å². The highest BCUT2D eigenvalue weighted by molar-refractivity contribution is 7.22. The fraction of sp³-hybridized carbons (Fsp3) is 0.152. The number of anilines is 1. The first kappa shape index (κ1) is 27.4. The molecule has 0 bridgehead atoms. The SMILES string of the molecule is Cl.O=C(COc1ccc2ccccc2c1)Nc1sc2c(c1-c1nc3ccccc3s1)CCN(Cc1ccccc1)C2. The van der Waals surface area contributed by atoms with Gasteiger partial charge in [-0.15, -0.1) is 35.1 Å². The molecule has 0 aliphatic carbocycles. The minimum atomic E-state index is -0.171. The fourth-order valence-electron chi connectivity index (χ4n) is 5.30. The zero-order valence-corrected chi connectivity index (χ0v) is 24.7. The Hall–Kier alpha value is -3.75. The molecule has 4 aromatic carbocycles. The number of thiophene rings is 1. The van der Waals surface area contributed by atoms with Crippen LogP contribution in [0.4, 0.5) is 5.00 Å². The van der Waals surface area contributed by atoms with Gasteiger partial charge in [-0.25, -0.2) is 4.98 Å². The van der Waals surface area contributed by atoms with E-state index in [-0.39, 0.29) is 24.9 Å². The van der Waals surface area contributed by atoms with Crippen LogP contribution in [0.25, 0.3) is 31.6 Å². The second kappa shape index (κ2) is 12.0. The molecule has 1 N–H and O–H groups in total. The number of nitrogens with zero attached hydrogens (tertiary/aromatic N) is 2. The molecule has 0 atom stereocenters. The van der Waals surface area contributed by atoms with E-state index in [1.165, 1.54) is 16.0 Å². The Morgan fingerprint density at radius 2 is 1.68 bits per heavy atom. The second-order valence-corrected chi connectivity index (χ2v) is 12.1. The molecule has 206 valence electrons. The van der Waals surface area contributed by atoms with Gasteiger partial charge in [-0.1, -0.05) is 72.8 Å². The molecule has 41 heavy (non-hydrogen) atoms. The summed E-state index contributed by atoms with van der Waals surface area (Å²) in [6.07, 6.45) is 0.924. The van der Waals surface area contributed by atoms with Gasteiger partial charge in [0.15, 0.2) is 6.61 Å². The largest absolute Gasteiger partial charge is 0.484 e. The lowest BCUT2D eigenvalue weighted by Crippen LogP contribution is -2.29. The molecule has 0 fully saturated rings. The van der Waals surface area contributed by atoms with Crippen LogP contribution in [-0.4, -0.2) is 28.9 Å². The molecular formula is C33H28ClN3O2S2. The van der Waals surface area contributed by atoms with Crippen molar-refractivity contribution in [2.75, 3.05) is 18.5 Å². The smallest absolute Gasteiger partial charge is 0.262 e. The molecule has 0 radical (unpaired) electrons. The summed E-state index contributed by atoms with van der Waals surface area (Å²) in [5.74, 6) is 0.512. The van der Waals surface area contributed by atoms with Crippen LogP contribution in [0.3, 0.4) is 0 Å². The van der Waals surface area contributed by atoms with Gasteiger partial charge in [0.1, 0.15) is 15.8 Å². The van der Waals surface area contributed by atoms with Gasteiger partial charge < -0.3 is 10.1 Å². The number of benzene rings is 4. The van der Waals surface area contributed by atoms with E-state index >= 15 is 0 Å². The van der Waals surface area contributed by atoms with E-state index in [0.29, 0.717) is 5.75 Å². The van der Waals surface area contributed by atoms with Crippen LogP contribution in [0.2, 0.25) is 0 Å². The monoisotopic (exact) mass is 597 g/mol. The normalized spacial score (nSPS) is 13.1. The lowest BCUT2D eigenvalue weighted by molar-refractivity contribution is -0.118. The van der Waals surface area contributed by atoms with Gasteiger partial charge in [0, 0.05) is 30.1 Å². The molecule has 0 saturated carbocycles. The fourth-order valence-corrected chi connectivity index (χ4v) is 7.71. The minimum Gasteiger partial charge on any atom is -0.484 e. The predicted molar refractivity (Wildman–Crippen MR) is 173 cm³/mol. The number of carbonyl (C=O) groups is 1. The average molecular weight is 598 g/mol. The highest BCUT2D eigenvalue weighted by atomic mass is 35.5. The van der Waals surface area contributed by atoms with E-state index in [1.807, 2.05) is 54.6 Å². The summed E-state index contributed by atoms with van der Waals surface area (Å²) >= 11 is 3.35. The van der Waals surface area contributed by atoms with Gasteiger partial charge in [0.05, 0.1) is 10.2 Å². The summed E-state index contributed by atoms with van der Waals surface area (Å²) in [7, 11) is 0. The van der Waals surface area contributed by atoms with Crippen LogP contribution in [0, 0.1) is 0 Å². The Bertz CT molecular complexity index is 1800. The Morgan fingerprint density at radius 3 is 2.54 bits per heavy atom. The first-order chi connectivity index (χ1) is 19.7. The van der Waals surface area contributed by atoms with Crippen molar-refractivity contribution in [1.82, 2.24) is 9.88 Å². The quantitative estimate of drug-likeness (QED) is 0.202. The topological polar surface area (TPSA) is 54.5 Å². The zero-order valence-electron chi connectivity index (χ0n) is 22.2. The number of thiazole rings is 1. The number of rotatable bonds is 7. The van der Waals surface area contributed by atoms with E-state index in [1.54, 1.807) is 22.7 Å². The van der Waals surface area contributed by atoms with Crippen LogP contribution in [0.5, 0.6) is 5.75 Å². The molecule has 5 nitrogen and oxygen atoms in total. The maximum absolute atomic E-state index is 13.2. The maximum Gasteiger partial charge on any atom is 0.262 e. The Balaban J connectivity index is 0.00000302. The summed E-state index contributed by atoms with van der Waals surface area (Å²) < 4.78 is 7.05. The van der Waals surface area contributed by atoms with Crippen LogP contribution in [0.1, 0.15) is 16.0 Å². The molecule has 3 heterocycles. The molecule has 6 aromatic rings. The maximum atomic E-state index is 13.2. The van der Waals surface area contributed by atoms with Crippen LogP contribution < -0.4 is 10.1 Å². The van der Waals surface area contributed by atoms with Crippen molar-refractivity contribution < 1.29 is 9.53 Å². The average Bonchev–Trinajstić information content (AvgIpc) is 3.57. The van der Waals surface area contributed by atoms with Crippen LogP contribution in [0.15, 0.2) is 97.1 Å². The molecule has 1 aliphatic heterocycles.